The summed E-state index contributed by atoms with van der Waals surface area (Å²) in [6.45, 7) is 11.2. The normalized spacial score (nSPS) is 14.9. The summed E-state index contributed by atoms with van der Waals surface area (Å²) in [4.78, 5) is 23.5. The number of piperidine rings is 1. The van der Waals surface area contributed by atoms with E-state index in [0.717, 1.165) is 60.9 Å². The fraction of sp³-hybridized carbons (Fsp3) is 0.387. The van der Waals surface area contributed by atoms with Crippen LogP contribution in [0.5, 0.6) is 0 Å². The van der Waals surface area contributed by atoms with Crippen molar-refractivity contribution in [3.8, 4) is 11.3 Å². The van der Waals surface area contributed by atoms with Gasteiger partial charge in [-0.3, -0.25) is 4.40 Å². The lowest BCUT2D eigenvalue weighted by Gasteiger charge is -2.32. The number of hydrogen-bond donors (Lipinski definition) is 2. The van der Waals surface area contributed by atoms with Crippen molar-refractivity contribution in [2.24, 2.45) is 0 Å². The van der Waals surface area contributed by atoms with Gasteiger partial charge in [-0.15, -0.1) is 0 Å². The van der Waals surface area contributed by atoms with E-state index in [9.17, 15) is 4.79 Å². The fourth-order valence-corrected chi connectivity index (χ4v) is 5.12. The van der Waals surface area contributed by atoms with Gasteiger partial charge in [0.15, 0.2) is 11.5 Å². The molecule has 0 bridgehead atoms. The highest BCUT2D eigenvalue weighted by Gasteiger charge is 2.21. The van der Waals surface area contributed by atoms with Gasteiger partial charge in [0.1, 0.15) is 5.60 Å². The van der Waals surface area contributed by atoms with Crippen molar-refractivity contribution in [2.45, 2.75) is 52.1 Å². The molecule has 0 unspecified atom stereocenters. The number of carbonyl (C=O) groups is 1. The van der Waals surface area contributed by atoms with Crippen molar-refractivity contribution in [3.63, 3.8) is 0 Å². The van der Waals surface area contributed by atoms with Crippen molar-refractivity contribution < 1.29 is 9.53 Å². The van der Waals surface area contributed by atoms with Gasteiger partial charge < -0.3 is 20.3 Å². The summed E-state index contributed by atoms with van der Waals surface area (Å²) < 4.78 is 7.39. The average molecular weight is 527 g/mol. The highest BCUT2D eigenvalue weighted by Crippen LogP contribution is 2.30. The van der Waals surface area contributed by atoms with Gasteiger partial charge in [0.25, 0.3) is 0 Å². The molecule has 1 saturated heterocycles. The molecule has 2 N–H and O–H groups in total. The monoisotopic (exact) mass is 526 g/mol. The van der Waals surface area contributed by atoms with Crippen LogP contribution in [0.3, 0.4) is 0 Å². The number of aryl methyl sites for hydroxylation is 1. The zero-order valence-electron chi connectivity index (χ0n) is 23.3. The highest BCUT2D eigenvalue weighted by molar-refractivity contribution is 5.74. The Hall–Kier alpha value is -3.91. The quantitative estimate of drug-likeness (QED) is 0.300. The van der Waals surface area contributed by atoms with E-state index in [4.69, 9.17) is 9.72 Å². The molecule has 1 fully saturated rings. The average Bonchev–Trinajstić information content (AvgIpc) is 3.39. The van der Waals surface area contributed by atoms with E-state index in [-0.39, 0.29) is 6.09 Å². The highest BCUT2D eigenvalue weighted by atomic mass is 16.6. The Morgan fingerprint density at radius 3 is 2.56 bits per heavy atom. The van der Waals surface area contributed by atoms with Crippen LogP contribution in [-0.4, -0.2) is 57.1 Å². The number of hydrogen-bond acceptors (Lipinski definition) is 6. The van der Waals surface area contributed by atoms with Crippen LogP contribution in [0.1, 0.15) is 50.7 Å². The van der Waals surface area contributed by atoms with Gasteiger partial charge >= 0.3 is 6.09 Å². The first-order valence-corrected chi connectivity index (χ1v) is 13.7. The first kappa shape index (κ1) is 26.7. The van der Waals surface area contributed by atoms with Crippen LogP contribution in [-0.2, 0) is 4.74 Å². The number of aromatic nitrogens is 3. The number of benzene rings is 2. The number of ether oxygens (including phenoxy) is 1. The lowest BCUT2D eigenvalue weighted by Crippen LogP contribution is -2.40. The maximum Gasteiger partial charge on any atom is 0.407 e. The number of alkyl carbamates (subject to hydrolysis) is 1. The Bertz CT molecular complexity index is 1420. The topological polar surface area (TPSA) is 83.8 Å². The van der Waals surface area contributed by atoms with Crippen LogP contribution < -0.4 is 10.6 Å². The minimum absolute atomic E-state index is 0.350. The molecule has 204 valence electrons. The smallest absolute Gasteiger partial charge is 0.407 e. The fourth-order valence-electron chi connectivity index (χ4n) is 5.12. The predicted octanol–water partition coefficient (Wildman–Crippen LogP) is 6.15. The lowest BCUT2D eigenvalue weighted by atomic mass is 9.89. The number of nitrogens with one attached hydrogen (secondary N) is 2. The van der Waals surface area contributed by atoms with Crippen molar-refractivity contribution >= 4 is 23.2 Å². The first-order chi connectivity index (χ1) is 18.7. The molecule has 4 aromatic rings. The van der Waals surface area contributed by atoms with Crippen molar-refractivity contribution in [1.29, 1.82) is 0 Å². The largest absolute Gasteiger partial charge is 0.444 e. The molecule has 8 heteroatoms. The van der Waals surface area contributed by atoms with Crippen molar-refractivity contribution in [1.82, 2.24) is 24.6 Å². The van der Waals surface area contributed by atoms with Gasteiger partial charge in [0.05, 0.1) is 11.9 Å². The predicted molar refractivity (Wildman–Crippen MR) is 156 cm³/mol. The van der Waals surface area contributed by atoms with Gasteiger partial charge in [-0.25, -0.2) is 14.8 Å². The number of likely N-dealkylation sites (tertiary alicyclic amines) is 1. The molecular formula is C31H38N6O2. The van der Waals surface area contributed by atoms with Crippen molar-refractivity contribution in [2.75, 3.05) is 31.5 Å². The van der Waals surface area contributed by atoms with Gasteiger partial charge in [-0.2, -0.15) is 0 Å². The van der Waals surface area contributed by atoms with E-state index in [1.165, 1.54) is 11.1 Å². The van der Waals surface area contributed by atoms with E-state index >= 15 is 0 Å². The summed E-state index contributed by atoms with van der Waals surface area (Å²) in [6.07, 6.45) is 7.55. The number of carbonyl (C=O) groups excluding carboxylic acids is 1. The maximum absolute atomic E-state index is 11.9. The molecular weight excluding hydrogens is 488 g/mol. The number of anilines is 2. The van der Waals surface area contributed by atoms with Crippen LogP contribution >= 0.6 is 0 Å². The Morgan fingerprint density at radius 1 is 1.08 bits per heavy atom. The summed E-state index contributed by atoms with van der Waals surface area (Å²) in [6, 6.07) is 17.1. The summed E-state index contributed by atoms with van der Waals surface area (Å²) in [5.74, 6) is 1.28. The van der Waals surface area contributed by atoms with Crippen LogP contribution in [0.15, 0.2) is 67.1 Å². The van der Waals surface area contributed by atoms with E-state index < -0.39 is 5.60 Å². The molecule has 1 amide bonds. The second-order valence-electron chi connectivity index (χ2n) is 11.3. The molecule has 2 aromatic carbocycles. The molecule has 0 radical (unpaired) electrons. The molecule has 0 aliphatic carbocycles. The molecule has 1 aliphatic rings. The summed E-state index contributed by atoms with van der Waals surface area (Å²) in [5, 5.41) is 6.32. The van der Waals surface area contributed by atoms with Crippen LogP contribution in [0.2, 0.25) is 0 Å². The summed E-state index contributed by atoms with van der Waals surface area (Å²) in [5.41, 5.74) is 6.02. The minimum Gasteiger partial charge on any atom is -0.444 e. The number of nitrogens with zero attached hydrogens (tertiary/aromatic N) is 4. The molecule has 2 aromatic heterocycles. The Kier molecular flexibility index (Phi) is 7.84. The van der Waals surface area contributed by atoms with Crippen LogP contribution in [0, 0.1) is 6.92 Å². The van der Waals surface area contributed by atoms with E-state index in [2.05, 4.69) is 80.4 Å². The number of imidazole rings is 1. The lowest BCUT2D eigenvalue weighted by molar-refractivity contribution is 0.0520. The van der Waals surface area contributed by atoms with E-state index in [1.807, 2.05) is 39.4 Å². The Labute approximate surface area is 230 Å². The maximum atomic E-state index is 11.9. The SMILES string of the molecule is Cc1cccc(-c2cnc(Nc3ccc(C4CCN(CCNC(=O)OC(C)(C)C)CC4)cc3)c3nccn23)c1. The molecule has 0 spiro atoms. The van der Waals surface area contributed by atoms with Crippen molar-refractivity contribution in [3.05, 3.63) is 78.2 Å². The first-order valence-electron chi connectivity index (χ1n) is 13.7. The molecule has 1 aliphatic heterocycles. The second kappa shape index (κ2) is 11.5. The standard InChI is InChI=1S/C31H38N6O2/c1-22-6-5-7-25(20-22)27-21-34-28(29-32-15-19-37(27)29)35-26-10-8-23(9-11-26)24-12-16-36(17-13-24)18-14-33-30(38)39-31(2,3)4/h5-11,15,19-21,24H,12-14,16-18H2,1-4H3,(H,33,38)(H,34,35). The van der Waals surface area contributed by atoms with Crippen LogP contribution in [0.25, 0.3) is 16.9 Å². The molecule has 39 heavy (non-hydrogen) atoms. The summed E-state index contributed by atoms with van der Waals surface area (Å²) in [7, 11) is 0. The third-order valence-corrected chi connectivity index (χ3v) is 7.07. The number of amides is 1. The van der Waals surface area contributed by atoms with Gasteiger partial charge in [0, 0.05) is 36.7 Å². The molecule has 5 rings (SSSR count). The zero-order valence-corrected chi connectivity index (χ0v) is 23.3. The van der Waals surface area contributed by atoms with Crippen LogP contribution in [0.4, 0.5) is 16.3 Å². The second-order valence-corrected chi connectivity index (χ2v) is 11.3. The molecule has 3 heterocycles. The number of fused-ring (bicyclic) bond motifs is 1. The van der Waals surface area contributed by atoms with Gasteiger partial charge in [0.2, 0.25) is 0 Å². The minimum atomic E-state index is -0.470. The third kappa shape index (κ3) is 6.75. The zero-order chi connectivity index (χ0) is 27.4. The Balaban J connectivity index is 1.16. The van der Waals surface area contributed by atoms with E-state index in [0.29, 0.717) is 12.5 Å². The van der Waals surface area contributed by atoms with E-state index in [1.54, 1.807) is 0 Å². The third-order valence-electron chi connectivity index (χ3n) is 7.07. The Morgan fingerprint density at radius 2 is 1.85 bits per heavy atom. The molecule has 8 nitrogen and oxygen atoms in total. The molecule has 0 atom stereocenters. The molecule has 0 saturated carbocycles. The summed E-state index contributed by atoms with van der Waals surface area (Å²) >= 11 is 0. The number of rotatable bonds is 7. The van der Waals surface area contributed by atoms with Gasteiger partial charge in [-0.1, -0.05) is 35.9 Å². The van der Waals surface area contributed by atoms with Gasteiger partial charge in [-0.05, 0) is 83.3 Å².